The number of ketones is 1. The van der Waals surface area contributed by atoms with Crippen LogP contribution in [0.5, 0.6) is 0 Å². The van der Waals surface area contributed by atoms with E-state index in [1.54, 1.807) is 11.8 Å². The third-order valence-electron chi connectivity index (χ3n) is 2.83. The lowest BCUT2D eigenvalue weighted by atomic mass is 10.0. The first kappa shape index (κ1) is 13.9. The average molecular weight is 270 g/mol. The van der Waals surface area contributed by atoms with E-state index in [0.717, 1.165) is 10.5 Å². The molecule has 19 heavy (non-hydrogen) atoms. The van der Waals surface area contributed by atoms with Gasteiger partial charge in [0.2, 0.25) is 0 Å². The molecule has 0 atom stereocenters. The smallest absolute Gasteiger partial charge is 0.147 e. The Morgan fingerprint density at radius 3 is 2.26 bits per heavy atom. The van der Waals surface area contributed by atoms with Crippen molar-refractivity contribution in [1.82, 2.24) is 0 Å². The van der Waals surface area contributed by atoms with E-state index < -0.39 is 0 Å². The molecule has 2 heteroatoms. The van der Waals surface area contributed by atoms with Crippen LogP contribution in [0, 0.1) is 13.8 Å². The summed E-state index contributed by atoms with van der Waals surface area (Å²) in [6.45, 7) is 4.14. The first-order valence-electron chi connectivity index (χ1n) is 6.40. The number of aryl methyl sites for hydroxylation is 2. The third kappa shape index (κ3) is 4.56. The lowest BCUT2D eigenvalue weighted by Gasteiger charge is -2.05. The molecule has 0 aromatic heterocycles. The first-order chi connectivity index (χ1) is 9.13. The SMILES string of the molecule is Cc1cc(C)cc(CC(=O)CSc2ccccc2)c1. The zero-order valence-corrected chi connectivity index (χ0v) is 12.2. The van der Waals surface area contributed by atoms with E-state index in [0.29, 0.717) is 12.2 Å². The normalized spacial score (nSPS) is 10.4. The molecule has 0 aliphatic carbocycles. The molecule has 0 aliphatic rings. The highest BCUT2D eigenvalue weighted by Crippen LogP contribution is 2.18. The number of thioether (sulfide) groups is 1. The van der Waals surface area contributed by atoms with Crippen LogP contribution in [0.15, 0.2) is 53.4 Å². The summed E-state index contributed by atoms with van der Waals surface area (Å²) < 4.78 is 0. The van der Waals surface area contributed by atoms with Crippen molar-refractivity contribution in [3.63, 3.8) is 0 Å². The van der Waals surface area contributed by atoms with Gasteiger partial charge in [0.25, 0.3) is 0 Å². The Bertz CT molecular complexity index is 540. The number of Topliss-reactive ketones (excluding diaryl/α,β-unsaturated/α-hetero) is 1. The second-order valence-corrected chi connectivity index (χ2v) is 5.86. The second kappa shape index (κ2) is 6.58. The van der Waals surface area contributed by atoms with Gasteiger partial charge in [0.15, 0.2) is 0 Å². The van der Waals surface area contributed by atoms with E-state index in [1.807, 2.05) is 30.3 Å². The van der Waals surface area contributed by atoms with Crippen molar-refractivity contribution in [3.8, 4) is 0 Å². The van der Waals surface area contributed by atoms with Crippen LogP contribution in [0.4, 0.5) is 0 Å². The minimum Gasteiger partial charge on any atom is -0.298 e. The Hall–Kier alpha value is -1.54. The van der Waals surface area contributed by atoms with Crippen LogP contribution in [-0.2, 0) is 11.2 Å². The molecule has 0 fully saturated rings. The van der Waals surface area contributed by atoms with Gasteiger partial charge in [-0.05, 0) is 31.5 Å². The molecule has 0 saturated carbocycles. The third-order valence-corrected chi connectivity index (χ3v) is 3.90. The van der Waals surface area contributed by atoms with Crippen molar-refractivity contribution in [2.75, 3.05) is 5.75 Å². The number of hydrogen-bond donors (Lipinski definition) is 0. The van der Waals surface area contributed by atoms with E-state index in [-0.39, 0.29) is 5.78 Å². The predicted molar refractivity (Wildman–Crippen MR) is 81.8 cm³/mol. The molecule has 0 saturated heterocycles. The van der Waals surface area contributed by atoms with Gasteiger partial charge >= 0.3 is 0 Å². The fourth-order valence-electron chi connectivity index (χ4n) is 2.13. The Balaban J connectivity index is 1.91. The van der Waals surface area contributed by atoms with Gasteiger partial charge in [-0.3, -0.25) is 4.79 Å². The average Bonchev–Trinajstić information content (AvgIpc) is 2.36. The predicted octanol–water partition coefficient (Wildman–Crippen LogP) is 4.21. The van der Waals surface area contributed by atoms with Crippen LogP contribution in [0.2, 0.25) is 0 Å². The molecule has 0 unspecified atom stereocenters. The monoisotopic (exact) mass is 270 g/mol. The van der Waals surface area contributed by atoms with Gasteiger partial charge in [0, 0.05) is 11.3 Å². The molecule has 0 radical (unpaired) electrons. The molecular weight excluding hydrogens is 252 g/mol. The van der Waals surface area contributed by atoms with Gasteiger partial charge < -0.3 is 0 Å². The highest BCUT2D eigenvalue weighted by atomic mass is 32.2. The maximum Gasteiger partial charge on any atom is 0.147 e. The number of carbonyl (C=O) groups excluding carboxylic acids is 1. The van der Waals surface area contributed by atoms with E-state index in [2.05, 4.69) is 32.0 Å². The molecule has 0 aliphatic heterocycles. The summed E-state index contributed by atoms with van der Waals surface area (Å²) in [5, 5.41) is 0. The quantitative estimate of drug-likeness (QED) is 0.757. The van der Waals surface area contributed by atoms with Crippen molar-refractivity contribution < 1.29 is 4.79 Å². The van der Waals surface area contributed by atoms with Gasteiger partial charge in [-0.1, -0.05) is 47.5 Å². The summed E-state index contributed by atoms with van der Waals surface area (Å²) in [5.74, 6) is 0.815. The lowest BCUT2D eigenvalue weighted by molar-refractivity contribution is -0.116. The maximum atomic E-state index is 12.0. The standard InChI is InChI=1S/C17H18OS/c1-13-8-14(2)10-15(9-13)11-16(18)12-19-17-6-4-3-5-7-17/h3-10H,11-12H2,1-2H3. The molecule has 0 spiro atoms. The molecule has 1 nitrogen and oxygen atoms in total. The van der Waals surface area contributed by atoms with E-state index in [4.69, 9.17) is 0 Å². The van der Waals surface area contributed by atoms with Crippen LogP contribution in [0.1, 0.15) is 16.7 Å². The van der Waals surface area contributed by atoms with Gasteiger partial charge in [0.05, 0.1) is 5.75 Å². The first-order valence-corrected chi connectivity index (χ1v) is 7.39. The van der Waals surface area contributed by atoms with Crippen LogP contribution in [0.25, 0.3) is 0 Å². The van der Waals surface area contributed by atoms with Crippen LogP contribution < -0.4 is 0 Å². The number of benzene rings is 2. The number of carbonyl (C=O) groups is 1. The summed E-state index contributed by atoms with van der Waals surface area (Å²) in [6, 6.07) is 16.4. The van der Waals surface area contributed by atoms with Crippen molar-refractivity contribution in [2.24, 2.45) is 0 Å². The van der Waals surface area contributed by atoms with Gasteiger partial charge in [-0.2, -0.15) is 0 Å². The molecule has 0 bridgehead atoms. The maximum absolute atomic E-state index is 12.0. The highest BCUT2D eigenvalue weighted by Gasteiger charge is 2.05. The summed E-state index contributed by atoms with van der Waals surface area (Å²) in [5.41, 5.74) is 3.56. The Kier molecular flexibility index (Phi) is 4.80. The summed E-state index contributed by atoms with van der Waals surface area (Å²) in [4.78, 5) is 13.1. The Morgan fingerprint density at radius 1 is 1.00 bits per heavy atom. The lowest BCUT2D eigenvalue weighted by Crippen LogP contribution is -2.06. The molecule has 2 aromatic carbocycles. The summed E-state index contributed by atoms with van der Waals surface area (Å²) >= 11 is 1.61. The molecule has 0 N–H and O–H groups in total. The van der Waals surface area contributed by atoms with E-state index >= 15 is 0 Å². The van der Waals surface area contributed by atoms with Crippen LogP contribution >= 0.6 is 11.8 Å². The van der Waals surface area contributed by atoms with Crippen molar-refractivity contribution in [3.05, 3.63) is 65.2 Å². The zero-order valence-electron chi connectivity index (χ0n) is 11.3. The van der Waals surface area contributed by atoms with Crippen molar-refractivity contribution in [1.29, 1.82) is 0 Å². The minimum absolute atomic E-state index is 0.277. The largest absolute Gasteiger partial charge is 0.298 e. The highest BCUT2D eigenvalue weighted by molar-refractivity contribution is 8.00. The van der Waals surface area contributed by atoms with Gasteiger partial charge in [0.1, 0.15) is 5.78 Å². The number of rotatable bonds is 5. The summed E-state index contributed by atoms with van der Waals surface area (Å²) in [6.07, 6.45) is 0.530. The molecule has 98 valence electrons. The number of hydrogen-bond acceptors (Lipinski definition) is 2. The zero-order chi connectivity index (χ0) is 13.7. The fraction of sp³-hybridized carbons (Fsp3) is 0.235. The van der Waals surface area contributed by atoms with Crippen molar-refractivity contribution in [2.45, 2.75) is 25.2 Å². The molecule has 0 amide bonds. The molecule has 2 aromatic rings. The Morgan fingerprint density at radius 2 is 1.63 bits per heavy atom. The van der Waals surface area contributed by atoms with Crippen molar-refractivity contribution >= 4 is 17.5 Å². The van der Waals surface area contributed by atoms with Crippen LogP contribution in [0.3, 0.4) is 0 Å². The van der Waals surface area contributed by atoms with Gasteiger partial charge in [-0.15, -0.1) is 11.8 Å². The fourth-order valence-corrected chi connectivity index (χ4v) is 2.91. The van der Waals surface area contributed by atoms with E-state index in [9.17, 15) is 4.79 Å². The van der Waals surface area contributed by atoms with Gasteiger partial charge in [-0.25, -0.2) is 0 Å². The molecule has 2 rings (SSSR count). The minimum atomic E-state index is 0.277. The second-order valence-electron chi connectivity index (χ2n) is 4.81. The van der Waals surface area contributed by atoms with Crippen LogP contribution in [-0.4, -0.2) is 11.5 Å². The molecular formula is C17H18OS. The van der Waals surface area contributed by atoms with E-state index in [1.165, 1.54) is 11.1 Å². The molecule has 0 heterocycles. The Labute approximate surface area is 119 Å². The topological polar surface area (TPSA) is 17.1 Å². The summed E-state index contributed by atoms with van der Waals surface area (Å²) in [7, 11) is 0.